The molecule has 0 aliphatic heterocycles. The molecular formula is C17H17Cl2N3O. The molecule has 2 aromatic rings. The number of aromatic nitrogens is 1. The number of nitrogens with one attached hydrogen (secondary N) is 1. The smallest absolute Gasteiger partial charge is 0.138 e. The van der Waals surface area contributed by atoms with Gasteiger partial charge in [-0.3, -0.25) is 0 Å². The fraction of sp³-hybridized carbons (Fsp3) is 0.294. The third kappa shape index (κ3) is 3.94. The van der Waals surface area contributed by atoms with Crippen molar-refractivity contribution in [3.05, 3.63) is 47.2 Å². The zero-order valence-electron chi connectivity index (χ0n) is 12.7. The van der Waals surface area contributed by atoms with E-state index in [1.54, 1.807) is 18.3 Å². The second-order valence-corrected chi connectivity index (χ2v) is 5.88. The first-order valence-electron chi connectivity index (χ1n) is 7.14. The van der Waals surface area contributed by atoms with Gasteiger partial charge in [0.2, 0.25) is 0 Å². The molecule has 1 heterocycles. The molecule has 1 fully saturated rings. The normalized spacial score (nSPS) is 14.5. The molecule has 6 heteroatoms. The first kappa shape index (κ1) is 17.6. The van der Waals surface area contributed by atoms with Crippen LogP contribution in [0.25, 0.3) is 11.1 Å². The molecule has 1 saturated carbocycles. The zero-order chi connectivity index (χ0) is 15.6. The molecule has 1 aliphatic rings. The van der Waals surface area contributed by atoms with Crippen molar-refractivity contribution in [1.82, 2.24) is 10.3 Å². The van der Waals surface area contributed by atoms with Gasteiger partial charge in [0, 0.05) is 5.56 Å². The van der Waals surface area contributed by atoms with Crippen LogP contribution < -0.4 is 10.1 Å². The van der Waals surface area contributed by atoms with Crippen LogP contribution >= 0.6 is 24.0 Å². The molecule has 1 aliphatic carbocycles. The highest BCUT2D eigenvalue weighted by Crippen LogP contribution is 2.36. The number of hydrogen-bond donors (Lipinski definition) is 1. The topological polar surface area (TPSA) is 57.9 Å². The second kappa shape index (κ2) is 7.18. The Kier molecular flexibility index (Phi) is 5.48. The maximum Gasteiger partial charge on any atom is 0.138 e. The first-order chi connectivity index (χ1) is 10.7. The lowest BCUT2D eigenvalue weighted by molar-refractivity contribution is 0.259. The van der Waals surface area contributed by atoms with Gasteiger partial charge in [-0.15, -0.1) is 12.4 Å². The monoisotopic (exact) mass is 349 g/mol. The summed E-state index contributed by atoms with van der Waals surface area (Å²) in [7, 11) is 1.96. The third-order valence-electron chi connectivity index (χ3n) is 4.04. The van der Waals surface area contributed by atoms with Crippen LogP contribution in [0.1, 0.15) is 18.4 Å². The number of pyridine rings is 1. The van der Waals surface area contributed by atoms with Gasteiger partial charge < -0.3 is 10.1 Å². The van der Waals surface area contributed by atoms with Crippen molar-refractivity contribution in [1.29, 1.82) is 5.26 Å². The molecule has 0 amide bonds. The SMILES string of the molecule is CNC1(COc2cnc(Cl)c(-c3ccc(C#N)cc3)c2)CC1.Cl. The van der Waals surface area contributed by atoms with E-state index in [0.717, 1.165) is 24.0 Å². The fourth-order valence-electron chi connectivity index (χ4n) is 2.27. The van der Waals surface area contributed by atoms with Crippen LogP contribution in [0.4, 0.5) is 0 Å². The molecule has 3 rings (SSSR count). The maximum absolute atomic E-state index is 8.86. The van der Waals surface area contributed by atoms with E-state index in [0.29, 0.717) is 23.1 Å². The Morgan fingerprint density at radius 2 is 2.04 bits per heavy atom. The Bertz CT molecular complexity index is 722. The van der Waals surface area contributed by atoms with Gasteiger partial charge in [0.25, 0.3) is 0 Å². The third-order valence-corrected chi connectivity index (χ3v) is 4.34. The van der Waals surface area contributed by atoms with E-state index in [2.05, 4.69) is 16.4 Å². The highest BCUT2D eigenvalue weighted by atomic mass is 35.5. The number of benzene rings is 1. The van der Waals surface area contributed by atoms with E-state index < -0.39 is 0 Å². The molecule has 23 heavy (non-hydrogen) atoms. The van der Waals surface area contributed by atoms with Crippen LogP contribution in [0.2, 0.25) is 5.15 Å². The summed E-state index contributed by atoms with van der Waals surface area (Å²) in [6.07, 6.45) is 3.90. The van der Waals surface area contributed by atoms with E-state index in [-0.39, 0.29) is 17.9 Å². The Labute approximate surface area is 146 Å². The van der Waals surface area contributed by atoms with Gasteiger partial charge in [-0.25, -0.2) is 4.98 Å². The minimum Gasteiger partial charge on any atom is -0.490 e. The summed E-state index contributed by atoms with van der Waals surface area (Å²) in [4.78, 5) is 4.20. The standard InChI is InChI=1S/C17H16ClN3O.ClH/c1-20-17(6-7-17)11-22-14-8-15(16(18)21-10-14)13-4-2-12(9-19)3-5-13;/h2-5,8,10,20H,6-7,11H2,1H3;1H. The van der Waals surface area contributed by atoms with Crippen LogP contribution in [0, 0.1) is 11.3 Å². The predicted molar refractivity (Wildman–Crippen MR) is 93.2 cm³/mol. The minimum atomic E-state index is 0. The van der Waals surface area contributed by atoms with E-state index in [1.807, 2.05) is 25.2 Å². The van der Waals surface area contributed by atoms with Crippen LogP contribution in [0.5, 0.6) is 5.75 Å². The number of nitrogens with zero attached hydrogens (tertiary/aromatic N) is 2. The predicted octanol–water partition coefficient (Wildman–Crippen LogP) is 3.83. The molecule has 0 saturated heterocycles. The van der Waals surface area contributed by atoms with Crippen LogP contribution in [0.3, 0.4) is 0 Å². The molecule has 120 valence electrons. The summed E-state index contributed by atoms with van der Waals surface area (Å²) >= 11 is 6.19. The summed E-state index contributed by atoms with van der Waals surface area (Å²) in [5, 5.41) is 12.6. The van der Waals surface area contributed by atoms with Crippen LogP contribution in [-0.4, -0.2) is 24.2 Å². The zero-order valence-corrected chi connectivity index (χ0v) is 14.2. The molecule has 0 atom stereocenters. The summed E-state index contributed by atoms with van der Waals surface area (Å²) in [6.45, 7) is 0.625. The summed E-state index contributed by atoms with van der Waals surface area (Å²) < 4.78 is 5.85. The highest BCUT2D eigenvalue weighted by Gasteiger charge is 2.41. The lowest BCUT2D eigenvalue weighted by Crippen LogP contribution is -2.33. The number of hydrogen-bond acceptors (Lipinski definition) is 4. The van der Waals surface area contributed by atoms with Gasteiger partial charge in [0.05, 0.1) is 23.4 Å². The first-order valence-corrected chi connectivity index (χ1v) is 7.51. The van der Waals surface area contributed by atoms with Crippen molar-refractivity contribution in [3.8, 4) is 22.9 Å². The van der Waals surface area contributed by atoms with Gasteiger partial charge in [-0.2, -0.15) is 5.26 Å². The van der Waals surface area contributed by atoms with Crippen LogP contribution in [-0.2, 0) is 0 Å². The Hall–Kier alpha value is -1.80. The van der Waals surface area contributed by atoms with Crippen molar-refractivity contribution in [2.45, 2.75) is 18.4 Å². The van der Waals surface area contributed by atoms with Gasteiger partial charge in [-0.05, 0) is 43.7 Å². The fourth-order valence-corrected chi connectivity index (χ4v) is 2.49. The number of halogens is 2. The van der Waals surface area contributed by atoms with E-state index in [9.17, 15) is 0 Å². The average Bonchev–Trinajstić information content (AvgIpc) is 3.35. The summed E-state index contributed by atoms with van der Waals surface area (Å²) in [5.74, 6) is 0.699. The van der Waals surface area contributed by atoms with Gasteiger partial charge in [0.1, 0.15) is 17.5 Å². The molecule has 1 aromatic carbocycles. The molecule has 0 spiro atoms. The van der Waals surface area contributed by atoms with Gasteiger partial charge in [-0.1, -0.05) is 23.7 Å². The molecular weight excluding hydrogens is 333 g/mol. The molecule has 4 nitrogen and oxygen atoms in total. The van der Waals surface area contributed by atoms with Gasteiger partial charge >= 0.3 is 0 Å². The quantitative estimate of drug-likeness (QED) is 0.833. The Balaban J connectivity index is 0.00000192. The molecule has 0 bridgehead atoms. The van der Waals surface area contributed by atoms with Crippen LogP contribution in [0.15, 0.2) is 36.5 Å². The average molecular weight is 350 g/mol. The van der Waals surface area contributed by atoms with E-state index >= 15 is 0 Å². The Morgan fingerprint density at radius 3 is 2.61 bits per heavy atom. The molecule has 0 unspecified atom stereocenters. The van der Waals surface area contributed by atoms with Crippen molar-refractivity contribution >= 4 is 24.0 Å². The number of nitriles is 1. The summed E-state index contributed by atoms with van der Waals surface area (Å²) in [5.41, 5.74) is 2.45. The van der Waals surface area contributed by atoms with E-state index in [1.165, 1.54) is 0 Å². The highest BCUT2D eigenvalue weighted by molar-refractivity contribution is 6.32. The largest absolute Gasteiger partial charge is 0.490 e. The minimum absolute atomic E-state index is 0. The number of rotatable bonds is 5. The van der Waals surface area contributed by atoms with Crippen molar-refractivity contribution < 1.29 is 4.74 Å². The molecule has 1 aromatic heterocycles. The molecule has 1 N–H and O–H groups in total. The second-order valence-electron chi connectivity index (χ2n) is 5.52. The lowest BCUT2D eigenvalue weighted by Gasteiger charge is -2.15. The molecule has 0 radical (unpaired) electrons. The number of likely N-dealkylation sites (N-methyl/N-ethyl adjacent to an activating group) is 1. The van der Waals surface area contributed by atoms with Gasteiger partial charge in [0.15, 0.2) is 0 Å². The lowest BCUT2D eigenvalue weighted by atomic mass is 10.1. The maximum atomic E-state index is 8.86. The Morgan fingerprint density at radius 1 is 1.35 bits per heavy atom. The number of ether oxygens (including phenoxy) is 1. The van der Waals surface area contributed by atoms with E-state index in [4.69, 9.17) is 21.6 Å². The summed E-state index contributed by atoms with van der Waals surface area (Å²) in [6, 6.07) is 11.2. The van der Waals surface area contributed by atoms with Crippen molar-refractivity contribution in [3.63, 3.8) is 0 Å². The van der Waals surface area contributed by atoms with Crippen molar-refractivity contribution in [2.24, 2.45) is 0 Å². The van der Waals surface area contributed by atoms with Crippen molar-refractivity contribution in [2.75, 3.05) is 13.7 Å².